The largest absolute Gasteiger partial charge is 0.388 e. The van der Waals surface area contributed by atoms with E-state index < -0.39 is 10.0 Å². The Morgan fingerprint density at radius 3 is 2.15 bits per heavy atom. The van der Waals surface area contributed by atoms with Gasteiger partial charge >= 0.3 is 0 Å². The second-order valence-corrected chi connectivity index (χ2v) is 6.50. The Morgan fingerprint density at radius 2 is 1.70 bits per heavy atom. The molecule has 1 aromatic rings. The van der Waals surface area contributed by atoms with E-state index in [0.29, 0.717) is 11.4 Å². The van der Waals surface area contributed by atoms with Crippen molar-refractivity contribution in [3.05, 3.63) is 24.3 Å². The Bertz CT molecular complexity index is 496. The fourth-order valence-corrected chi connectivity index (χ4v) is 3.27. The zero-order chi connectivity index (χ0) is 15.2. The average molecular weight is 299 g/mol. The van der Waals surface area contributed by atoms with Crippen LogP contribution in [0.2, 0.25) is 0 Å². The molecule has 0 aliphatic rings. The first-order valence-corrected chi connectivity index (χ1v) is 8.43. The van der Waals surface area contributed by atoms with Crippen molar-refractivity contribution in [1.82, 2.24) is 9.62 Å². The normalized spacial score (nSPS) is 13.4. The monoisotopic (exact) mass is 299 g/mol. The minimum Gasteiger partial charge on any atom is -0.388 e. The predicted octanol–water partition coefficient (Wildman–Crippen LogP) is 1.74. The van der Waals surface area contributed by atoms with Crippen LogP contribution in [-0.2, 0) is 10.0 Å². The van der Waals surface area contributed by atoms with Gasteiger partial charge in [-0.05, 0) is 44.3 Å². The van der Waals surface area contributed by atoms with Crippen molar-refractivity contribution in [2.45, 2.75) is 31.7 Å². The summed E-state index contributed by atoms with van der Waals surface area (Å²) in [6, 6.07) is 6.60. The third-order valence-electron chi connectivity index (χ3n) is 3.24. The van der Waals surface area contributed by atoms with E-state index in [4.69, 9.17) is 0 Å². The smallest absolute Gasteiger partial charge is 0.240 e. The van der Waals surface area contributed by atoms with Gasteiger partial charge in [0.1, 0.15) is 0 Å². The first-order chi connectivity index (χ1) is 9.42. The number of nitrogens with zero attached hydrogens (tertiary/aromatic N) is 1. The van der Waals surface area contributed by atoms with Gasteiger partial charge in [-0.1, -0.05) is 13.8 Å². The maximum absolute atomic E-state index is 12.3. The summed E-state index contributed by atoms with van der Waals surface area (Å²) in [5.41, 5.74) is 0.889. The molecule has 0 bridgehead atoms. The molecule has 6 heteroatoms. The molecule has 2 N–H and O–H groups in total. The average Bonchev–Trinajstić information content (AvgIpc) is 2.44. The topological polar surface area (TPSA) is 61.4 Å². The number of nitrogens with one attached hydrogen (secondary N) is 2. The van der Waals surface area contributed by atoms with Gasteiger partial charge in [0.25, 0.3) is 0 Å². The maximum atomic E-state index is 12.3. The van der Waals surface area contributed by atoms with E-state index in [-0.39, 0.29) is 6.04 Å². The second-order valence-electron chi connectivity index (χ2n) is 4.78. The Morgan fingerprint density at radius 1 is 1.15 bits per heavy atom. The van der Waals surface area contributed by atoms with Crippen LogP contribution in [0.1, 0.15) is 20.8 Å². The Labute approximate surface area is 122 Å². The Balaban J connectivity index is 2.73. The summed E-state index contributed by atoms with van der Waals surface area (Å²) in [6.45, 7) is 8.57. The van der Waals surface area contributed by atoms with E-state index in [1.54, 1.807) is 31.3 Å². The molecule has 0 radical (unpaired) electrons. The van der Waals surface area contributed by atoms with E-state index in [1.807, 2.05) is 6.92 Å². The second kappa shape index (κ2) is 7.61. The molecule has 0 saturated carbocycles. The van der Waals surface area contributed by atoms with Crippen LogP contribution in [0.3, 0.4) is 0 Å². The van der Waals surface area contributed by atoms with Crippen LogP contribution in [-0.4, -0.2) is 46.0 Å². The van der Waals surface area contributed by atoms with Gasteiger partial charge in [0, 0.05) is 25.3 Å². The van der Waals surface area contributed by atoms with Gasteiger partial charge in [-0.25, -0.2) is 13.1 Å². The van der Waals surface area contributed by atoms with Gasteiger partial charge in [0.15, 0.2) is 0 Å². The van der Waals surface area contributed by atoms with Gasteiger partial charge in [0.05, 0.1) is 4.90 Å². The van der Waals surface area contributed by atoms with Crippen LogP contribution in [0.15, 0.2) is 29.2 Å². The molecule has 1 atom stereocenters. The molecule has 5 nitrogen and oxygen atoms in total. The molecule has 0 aliphatic carbocycles. The van der Waals surface area contributed by atoms with Crippen LogP contribution in [0.25, 0.3) is 0 Å². The zero-order valence-electron chi connectivity index (χ0n) is 12.7. The molecular weight excluding hydrogens is 274 g/mol. The van der Waals surface area contributed by atoms with Gasteiger partial charge < -0.3 is 10.2 Å². The summed E-state index contributed by atoms with van der Waals surface area (Å²) >= 11 is 0. The number of likely N-dealkylation sites (N-methyl/N-ethyl adjacent to an activating group) is 1. The van der Waals surface area contributed by atoms with Crippen LogP contribution >= 0.6 is 0 Å². The van der Waals surface area contributed by atoms with Gasteiger partial charge in [-0.15, -0.1) is 0 Å². The first kappa shape index (κ1) is 16.9. The summed E-state index contributed by atoms with van der Waals surface area (Å²) in [6.07, 6.45) is 0. The molecule has 0 spiro atoms. The zero-order valence-corrected chi connectivity index (χ0v) is 13.5. The van der Waals surface area contributed by atoms with E-state index in [2.05, 4.69) is 28.8 Å². The molecule has 1 rings (SSSR count). The van der Waals surface area contributed by atoms with E-state index in [1.165, 1.54) is 0 Å². The molecule has 20 heavy (non-hydrogen) atoms. The van der Waals surface area contributed by atoms with E-state index >= 15 is 0 Å². The lowest BCUT2D eigenvalue weighted by molar-refractivity contribution is 0.282. The van der Waals surface area contributed by atoms with E-state index in [9.17, 15) is 8.42 Å². The molecule has 0 aliphatic heterocycles. The fraction of sp³-hybridized carbons (Fsp3) is 0.571. The summed E-state index contributed by atoms with van der Waals surface area (Å²) in [4.78, 5) is 2.49. The molecular formula is C14H25N3O2S. The Hall–Kier alpha value is -1.11. The van der Waals surface area contributed by atoms with Crippen molar-refractivity contribution in [2.24, 2.45) is 0 Å². The van der Waals surface area contributed by atoms with Crippen LogP contribution < -0.4 is 10.0 Å². The number of hydrogen-bond donors (Lipinski definition) is 2. The highest BCUT2D eigenvalue weighted by Gasteiger charge is 2.18. The van der Waals surface area contributed by atoms with Crippen LogP contribution in [0.4, 0.5) is 5.69 Å². The molecule has 1 aromatic carbocycles. The molecule has 0 fully saturated rings. The minimum absolute atomic E-state index is 0.121. The molecule has 114 valence electrons. The van der Waals surface area contributed by atoms with Gasteiger partial charge in [-0.2, -0.15) is 0 Å². The quantitative estimate of drug-likeness (QED) is 0.767. The lowest BCUT2D eigenvalue weighted by Crippen LogP contribution is -2.41. The fourth-order valence-electron chi connectivity index (χ4n) is 2.04. The summed E-state index contributed by atoms with van der Waals surface area (Å²) in [5.74, 6) is 0. The van der Waals surface area contributed by atoms with Crippen molar-refractivity contribution in [3.63, 3.8) is 0 Å². The molecule has 0 amide bonds. The molecule has 0 heterocycles. The van der Waals surface area contributed by atoms with Gasteiger partial charge in [-0.3, -0.25) is 0 Å². The summed E-state index contributed by atoms with van der Waals surface area (Å²) in [7, 11) is -1.65. The number of rotatable bonds is 8. The number of hydrogen-bond acceptors (Lipinski definition) is 4. The number of sulfonamides is 1. The summed E-state index contributed by atoms with van der Waals surface area (Å²) in [5, 5.41) is 2.97. The highest BCUT2D eigenvalue weighted by atomic mass is 32.2. The van der Waals surface area contributed by atoms with Crippen molar-refractivity contribution in [1.29, 1.82) is 0 Å². The lowest BCUT2D eigenvalue weighted by atomic mass is 10.3. The van der Waals surface area contributed by atoms with E-state index in [0.717, 1.165) is 18.8 Å². The summed E-state index contributed by atoms with van der Waals surface area (Å²) < 4.78 is 27.2. The predicted molar refractivity (Wildman–Crippen MR) is 83.6 cm³/mol. The standard InChI is InChI=1S/C14H25N3O2S/c1-5-17(6-2)11-12(3)16-20(18,19)14-9-7-13(15-4)8-10-14/h7-10,12,15-16H,5-6,11H2,1-4H3. The van der Waals surface area contributed by atoms with Crippen molar-refractivity contribution in [2.75, 3.05) is 32.0 Å². The molecule has 0 aromatic heterocycles. The molecule has 0 saturated heterocycles. The van der Waals surface area contributed by atoms with Crippen molar-refractivity contribution < 1.29 is 8.42 Å². The third-order valence-corrected chi connectivity index (χ3v) is 4.84. The maximum Gasteiger partial charge on any atom is 0.240 e. The van der Waals surface area contributed by atoms with Crippen molar-refractivity contribution in [3.8, 4) is 0 Å². The lowest BCUT2D eigenvalue weighted by Gasteiger charge is -2.23. The van der Waals surface area contributed by atoms with Crippen molar-refractivity contribution >= 4 is 15.7 Å². The van der Waals surface area contributed by atoms with Gasteiger partial charge in [0.2, 0.25) is 10.0 Å². The third kappa shape index (κ3) is 4.77. The Kier molecular flexibility index (Phi) is 6.45. The van der Waals surface area contributed by atoms with Crippen LogP contribution in [0, 0.1) is 0 Å². The number of anilines is 1. The highest BCUT2D eigenvalue weighted by Crippen LogP contribution is 2.13. The first-order valence-electron chi connectivity index (χ1n) is 6.95. The number of benzene rings is 1. The highest BCUT2D eigenvalue weighted by molar-refractivity contribution is 7.89. The minimum atomic E-state index is -3.45. The SMILES string of the molecule is CCN(CC)CC(C)NS(=O)(=O)c1ccc(NC)cc1. The van der Waals surface area contributed by atoms with Crippen LogP contribution in [0.5, 0.6) is 0 Å². The molecule has 1 unspecified atom stereocenters.